The van der Waals surface area contributed by atoms with E-state index < -0.39 is 0 Å². The van der Waals surface area contributed by atoms with Crippen molar-refractivity contribution in [1.29, 1.82) is 0 Å². The summed E-state index contributed by atoms with van der Waals surface area (Å²) >= 11 is 0. The van der Waals surface area contributed by atoms with Gasteiger partial charge in [0.05, 0.1) is 12.6 Å². The number of amides is 2. The van der Waals surface area contributed by atoms with E-state index in [9.17, 15) is 9.59 Å². The van der Waals surface area contributed by atoms with Crippen molar-refractivity contribution in [3.8, 4) is 0 Å². The van der Waals surface area contributed by atoms with Gasteiger partial charge in [0.1, 0.15) is 0 Å². The van der Waals surface area contributed by atoms with Gasteiger partial charge in [-0.3, -0.25) is 14.5 Å². The van der Waals surface area contributed by atoms with E-state index in [1.54, 1.807) is 7.11 Å². The molecule has 0 saturated carbocycles. The summed E-state index contributed by atoms with van der Waals surface area (Å²) in [6.07, 6.45) is 2.60. The standard InChI is InChI=1S/C10H15NO3/c1-7(2)8(6-14-3)11-9(12)4-5-10(11)13/h4-5,7-8H,6H2,1-3H3. The largest absolute Gasteiger partial charge is 0.383 e. The minimum Gasteiger partial charge on any atom is -0.383 e. The molecule has 0 aromatic carbocycles. The van der Waals surface area contributed by atoms with Gasteiger partial charge in [0, 0.05) is 19.3 Å². The van der Waals surface area contributed by atoms with Crippen molar-refractivity contribution in [2.24, 2.45) is 5.92 Å². The second-order valence-electron chi connectivity index (χ2n) is 3.65. The second kappa shape index (κ2) is 4.37. The molecule has 1 aliphatic heterocycles. The molecular formula is C10H15NO3. The predicted octanol–water partition coefficient (Wildman–Crippen LogP) is 0.582. The lowest BCUT2D eigenvalue weighted by atomic mass is 10.0. The van der Waals surface area contributed by atoms with Crippen molar-refractivity contribution in [3.05, 3.63) is 12.2 Å². The maximum Gasteiger partial charge on any atom is 0.253 e. The van der Waals surface area contributed by atoms with E-state index in [-0.39, 0.29) is 23.8 Å². The summed E-state index contributed by atoms with van der Waals surface area (Å²) in [6.45, 7) is 4.31. The quantitative estimate of drug-likeness (QED) is 0.619. The van der Waals surface area contributed by atoms with Crippen LogP contribution in [-0.4, -0.2) is 36.5 Å². The van der Waals surface area contributed by atoms with Gasteiger partial charge in [-0.25, -0.2) is 0 Å². The number of carbonyl (C=O) groups is 2. The summed E-state index contributed by atoms with van der Waals surface area (Å²) in [6, 6.07) is -0.171. The molecule has 4 heteroatoms. The van der Waals surface area contributed by atoms with Crippen molar-refractivity contribution < 1.29 is 14.3 Å². The summed E-state index contributed by atoms with van der Waals surface area (Å²) in [5.41, 5.74) is 0. The van der Waals surface area contributed by atoms with E-state index >= 15 is 0 Å². The van der Waals surface area contributed by atoms with E-state index in [2.05, 4.69) is 0 Å². The minimum absolute atomic E-state index is 0.171. The molecule has 14 heavy (non-hydrogen) atoms. The monoisotopic (exact) mass is 197 g/mol. The zero-order valence-electron chi connectivity index (χ0n) is 8.69. The van der Waals surface area contributed by atoms with Gasteiger partial charge in [-0.2, -0.15) is 0 Å². The Balaban J connectivity index is 2.78. The maximum absolute atomic E-state index is 11.4. The molecule has 1 unspecified atom stereocenters. The van der Waals surface area contributed by atoms with E-state index in [1.807, 2.05) is 13.8 Å². The number of methoxy groups -OCH3 is 1. The van der Waals surface area contributed by atoms with Crippen LogP contribution < -0.4 is 0 Å². The first-order valence-electron chi connectivity index (χ1n) is 4.62. The molecule has 1 rings (SSSR count). The van der Waals surface area contributed by atoms with Gasteiger partial charge in [-0.15, -0.1) is 0 Å². The average Bonchev–Trinajstić information content (AvgIpc) is 2.43. The molecule has 2 amide bonds. The number of rotatable bonds is 4. The Morgan fingerprint density at radius 3 is 2.14 bits per heavy atom. The van der Waals surface area contributed by atoms with Crippen molar-refractivity contribution in [2.45, 2.75) is 19.9 Å². The molecule has 0 spiro atoms. The Morgan fingerprint density at radius 1 is 1.29 bits per heavy atom. The average molecular weight is 197 g/mol. The first-order chi connectivity index (χ1) is 6.57. The predicted molar refractivity (Wildman–Crippen MR) is 51.5 cm³/mol. The minimum atomic E-state index is -0.245. The van der Waals surface area contributed by atoms with Crippen molar-refractivity contribution in [2.75, 3.05) is 13.7 Å². The van der Waals surface area contributed by atoms with Gasteiger partial charge in [-0.05, 0) is 5.92 Å². The normalized spacial score (nSPS) is 18.4. The molecule has 0 radical (unpaired) electrons. The van der Waals surface area contributed by atoms with Crippen LogP contribution in [0.3, 0.4) is 0 Å². The van der Waals surface area contributed by atoms with Crippen LogP contribution in [0.15, 0.2) is 12.2 Å². The Bertz CT molecular complexity index is 253. The summed E-state index contributed by atoms with van der Waals surface area (Å²) in [7, 11) is 1.56. The Hall–Kier alpha value is -1.16. The molecule has 1 aliphatic rings. The highest BCUT2D eigenvalue weighted by atomic mass is 16.5. The van der Waals surface area contributed by atoms with E-state index in [0.717, 1.165) is 0 Å². The summed E-state index contributed by atoms with van der Waals surface area (Å²) < 4.78 is 5.00. The highest BCUT2D eigenvalue weighted by molar-refractivity contribution is 6.13. The van der Waals surface area contributed by atoms with Gasteiger partial charge in [0.2, 0.25) is 0 Å². The first kappa shape index (κ1) is 10.9. The molecule has 0 aromatic heterocycles. The lowest BCUT2D eigenvalue weighted by Gasteiger charge is -2.28. The number of imide groups is 1. The topological polar surface area (TPSA) is 46.6 Å². The zero-order chi connectivity index (χ0) is 10.7. The molecule has 78 valence electrons. The molecule has 4 nitrogen and oxygen atoms in total. The molecular weight excluding hydrogens is 182 g/mol. The number of ether oxygens (including phenoxy) is 1. The van der Waals surface area contributed by atoms with Crippen LogP contribution >= 0.6 is 0 Å². The van der Waals surface area contributed by atoms with Crippen LogP contribution in [0.5, 0.6) is 0 Å². The number of nitrogens with zero attached hydrogens (tertiary/aromatic N) is 1. The fraction of sp³-hybridized carbons (Fsp3) is 0.600. The van der Waals surface area contributed by atoms with Crippen molar-refractivity contribution >= 4 is 11.8 Å². The Labute approximate surface area is 83.5 Å². The SMILES string of the molecule is COCC(C(C)C)N1C(=O)C=CC1=O. The smallest absolute Gasteiger partial charge is 0.253 e. The Kier molecular flexibility index (Phi) is 3.41. The number of hydrogen-bond acceptors (Lipinski definition) is 3. The van der Waals surface area contributed by atoms with E-state index in [1.165, 1.54) is 17.1 Å². The summed E-state index contributed by atoms with van der Waals surface area (Å²) in [5.74, 6) is -0.292. The van der Waals surface area contributed by atoms with Gasteiger partial charge in [0.25, 0.3) is 11.8 Å². The molecule has 0 N–H and O–H groups in total. The Morgan fingerprint density at radius 2 is 1.79 bits per heavy atom. The van der Waals surface area contributed by atoms with Crippen LogP contribution in [0, 0.1) is 5.92 Å². The summed E-state index contributed by atoms with van der Waals surface area (Å²) in [4.78, 5) is 24.0. The summed E-state index contributed by atoms with van der Waals surface area (Å²) in [5, 5.41) is 0. The third kappa shape index (κ3) is 2.01. The highest BCUT2D eigenvalue weighted by Gasteiger charge is 2.32. The van der Waals surface area contributed by atoms with Crippen LogP contribution in [0.4, 0.5) is 0 Å². The zero-order valence-corrected chi connectivity index (χ0v) is 8.69. The first-order valence-corrected chi connectivity index (χ1v) is 4.62. The molecule has 0 fully saturated rings. The molecule has 0 saturated heterocycles. The second-order valence-corrected chi connectivity index (χ2v) is 3.65. The third-order valence-electron chi connectivity index (χ3n) is 2.28. The van der Waals surface area contributed by atoms with Crippen LogP contribution in [0.2, 0.25) is 0 Å². The molecule has 0 aromatic rings. The maximum atomic E-state index is 11.4. The van der Waals surface area contributed by atoms with E-state index in [4.69, 9.17) is 4.74 Å². The lowest BCUT2D eigenvalue weighted by molar-refractivity contribution is -0.142. The van der Waals surface area contributed by atoms with Gasteiger partial charge < -0.3 is 4.74 Å². The molecule has 0 bridgehead atoms. The van der Waals surface area contributed by atoms with Gasteiger partial charge in [0.15, 0.2) is 0 Å². The molecule has 0 aliphatic carbocycles. The van der Waals surface area contributed by atoms with Crippen molar-refractivity contribution in [1.82, 2.24) is 4.90 Å². The van der Waals surface area contributed by atoms with E-state index in [0.29, 0.717) is 6.61 Å². The van der Waals surface area contributed by atoms with Crippen LogP contribution in [0.1, 0.15) is 13.8 Å². The third-order valence-corrected chi connectivity index (χ3v) is 2.28. The van der Waals surface area contributed by atoms with Crippen LogP contribution in [0.25, 0.3) is 0 Å². The van der Waals surface area contributed by atoms with Crippen LogP contribution in [-0.2, 0) is 14.3 Å². The van der Waals surface area contributed by atoms with Gasteiger partial charge in [-0.1, -0.05) is 13.8 Å². The molecule has 1 heterocycles. The molecule has 1 atom stereocenters. The number of hydrogen-bond donors (Lipinski definition) is 0. The van der Waals surface area contributed by atoms with Crippen molar-refractivity contribution in [3.63, 3.8) is 0 Å². The fourth-order valence-corrected chi connectivity index (χ4v) is 1.47. The fourth-order valence-electron chi connectivity index (χ4n) is 1.47. The number of carbonyl (C=O) groups excluding carboxylic acids is 2. The van der Waals surface area contributed by atoms with Gasteiger partial charge >= 0.3 is 0 Å². The highest BCUT2D eigenvalue weighted by Crippen LogP contribution is 2.16. The lowest BCUT2D eigenvalue weighted by Crippen LogP contribution is -2.45.